The number of hydrogen-bond acceptors (Lipinski definition) is 7. The molecule has 0 aliphatic carbocycles. The van der Waals surface area contributed by atoms with E-state index in [9.17, 15) is 17.7 Å². The molecule has 2 aliphatic rings. The van der Waals surface area contributed by atoms with Crippen molar-refractivity contribution in [1.29, 1.82) is 0 Å². The van der Waals surface area contributed by atoms with E-state index in [1.807, 2.05) is 13.8 Å². The van der Waals surface area contributed by atoms with Crippen molar-refractivity contribution in [2.75, 3.05) is 62.8 Å². The lowest BCUT2D eigenvalue weighted by Crippen LogP contribution is -2.52. The van der Waals surface area contributed by atoms with Crippen LogP contribution in [0, 0.1) is 11.8 Å². The summed E-state index contributed by atoms with van der Waals surface area (Å²) in [4.78, 5) is 2.43. The highest BCUT2D eigenvalue weighted by atomic mass is 32.1. The maximum absolute atomic E-state index is 15.5. The standard InChI is InChI=1S/C34H42F4N3O3PS/c1-4-45(42,5-2)24-11-12-29(31(20-24)43-3)39-16-7-10-32-26(21-34(36,37)38)25-8-6-9-30(33(25)46-32)40-28-13-17-41(22-27(28)35)23-14-18-44-19-15-23/h6,8-9,11-12,20,23,27-28,39-40H,4-5,13-19,21-22H2,1-3H3/t27-,28+/m0/s1/i3D3. The fourth-order valence-electron chi connectivity index (χ4n) is 6.28. The molecule has 1 aromatic heterocycles. The number of nitrogens with one attached hydrogen (secondary N) is 2. The fourth-order valence-corrected chi connectivity index (χ4v) is 9.33. The number of thiophene rings is 1. The topological polar surface area (TPSA) is 62.8 Å². The maximum Gasteiger partial charge on any atom is 0.393 e. The van der Waals surface area contributed by atoms with Gasteiger partial charge in [-0.25, -0.2) is 4.39 Å². The average molecular weight is 683 g/mol. The molecule has 2 aromatic carbocycles. The lowest BCUT2D eigenvalue weighted by Gasteiger charge is -2.41. The molecule has 0 radical (unpaired) electrons. The zero-order valence-electron chi connectivity index (χ0n) is 29.0. The molecule has 3 heterocycles. The van der Waals surface area contributed by atoms with Gasteiger partial charge in [-0.1, -0.05) is 37.8 Å². The van der Waals surface area contributed by atoms with Gasteiger partial charge < -0.3 is 24.7 Å². The quantitative estimate of drug-likeness (QED) is 0.131. The van der Waals surface area contributed by atoms with E-state index in [4.69, 9.17) is 13.6 Å². The molecule has 0 amide bonds. The van der Waals surface area contributed by atoms with Crippen LogP contribution >= 0.6 is 18.5 Å². The summed E-state index contributed by atoms with van der Waals surface area (Å²) in [6.45, 7) is 5.97. The zero-order valence-corrected chi connectivity index (χ0v) is 27.7. The molecule has 3 aromatic rings. The Morgan fingerprint density at radius 3 is 2.63 bits per heavy atom. The molecule has 0 bridgehead atoms. The van der Waals surface area contributed by atoms with Crippen LogP contribution in [0.5, 0.6) is 5.75 Å². The Morgan fingerprint density at radius 1 is 1.15 bits per heavy atom. The van der Waals surface area contributed by atoms with E-state index in [-0.39, 0.29) is 22.7 Å². The molecule has 0 saturated carbocycles. The van der Waals surface area contributed by atoms with Gasteiger partial charge in [0, 0.05) is 50.0 Å². The summed E-state index contributed by atoms with van der Waals surface area (Å²) in [6.07, 6.45) is -3.65. The summed E-state index contributed by atoms with van der Waals surface area (Å²) in [7, 11) is -5.49. The number of alkyl halides is 4. The summed E-state index contributed by atoms with van der Waals surface area (Å²) in [5, 5.41) is 7.22. The Morgan fingerprint density at radius 2 is 1.93 bits per heavy atom. The third-order valence-corrected chi connectivity index (χ3v) is 13.4. The highest BCUT2D eigenvalue weighted by molar-refractivity contribution is 7.71. The summed E-state index contributed by atoms with van der Waals surface area (Å²) >= 11 is 1.13. The van der Waals surface area contributed by atoms with Crippen LogP contribution in [0.3, 0.4) is 0 Å². The van der Waals surface area contributed by atoms with E-state index < -0.39 is 39.0 Å². The number of rotatable bonds is 10. The summed E-state index contributed by atoms with van der Waals surface area (Å²) in [5.41, 5.74) is 0.933. The lowest BCUT2D eigenvalue weighted by molar-refractivity contribution is -0.126. The first-order valence-electron chi connectivity index (χ1n) is 17.2. The lowest BCUT2D eigenvalue weighted by atomic mass is 9.98. The Hall–Kier alpha value is -2.77. The van der Waals surface area contributed by atoms with E-state index in [1.165, 1.54) is 6.07 Å². The van der Waals surface area contributed by atoms with E-state index in [0.717, 1.165) is 30.7 Å². The molecule has 6 nitrogen and oxygen atoms in total. The van der Waals surface area contributed by atoms with Crippen LogP contribution in [-0.2, 0) is 15.7 Å². The maximum atomic E-state index is 15.5. The van der Waals surface area contributed by atoms with Gasteiger partial charge in [0.25, 0.3) is 0 Å². The van der Waals surface area contributed by atoms with Gasteiger partial charge in [-0.05, 0) is 54.5 Å². The first kappa shape index (κ1) is 30.6. The Bertz CT molecular complexity index is 1710. The first-order chi connectivity index (χ1) is 23.2. The molecule has 250 valence electrons. The van der Waals surface area contributed by atoms with Crippen molar-refractivity contribution in [2.45, 2.75) is 64.0 Å². The predicted octanol–water partition coefficient (Wildman–Crippen LogP) is 7.51. The molecule has 12 heteroatoms. The van der Waals surface area contributed by atoms with E-state index in [0.29, 0.717) is 71.3 Å². The number of nitrogens with zero attached hydrogens (tertiary/aromatic N) is 1. The van der Waals surface area contributed by atoms with Gasteiger partial charge in [0.05, 0.1) is 51.1 Å². The monoisotopic (exact) mass is 682 g/mol. The number of halogens is 4. The largest absolute Gasteiger partial charge is 0.495 e. The second-order valence-corrected chi connectivity index (χ2v) is 16.3. The molecule has 5 rings (SSSR count). The van der Waals surface area contributed by atoms with Gasteiger partial charge in [-0.15, -0.1) is 11.3 Å². The minimum atomic E-state index is -4.48. The van der Waals surface area contributed by atoms with Crippen molar-refractivity contribution < 1.29 is 35.7 Å². The normalized spacial score (nSPS) is 21.1. The van der Waals surface area contributed by atoms with Gasteiger partial charge in [0.15, 0.2) is 0 Å². The summed E-state index contributed by atoms with van der Waals surface area (Å²) in [5.74, 6) is 5.75. The molecule has 2 atom stereocenters. The van der Waals surface area contributed by atoms with Crippen LogP contribution in [0.15, 0.2) is 36.4 Å². The third kappa shape index (κ3) is 8.02. The molecule has 2 aliphatic heterocycles. The molecule has 2 saturated heterocycles. The number of fused-ring (bicyclic) bond motifs is 1. The molecular formula is C34H42F4N3O3PS. The number of hydrogen-bond donors (Lipinski definition) is 2. The molecule has 2 N–H and O–H groups in total. The van der Waals surface area contributed by atoms with Crippen molar-refractivity contribution in [3.63, 3.8) is 0 Å². The van der Waals surface area contributed by atoms with E-state index >= 15 is 4.39 Å². The number of methoxy groups -OCH3 is 1. The average Bonchev–Trinajstić information content (AvgIpc) is 3.40. The molecule has 2 fully saturated rings. The number of benzene rings is 2. The van der Waals surface area contributed by atoms with Crippen LogP contribution in [0.25, 0.3) is 10.1 Å². The fraction of sp³-hybridized carbons (Fsp3) is 0.529. The predicted molar refractivity (Wildman–Crippen MR) is 181 cm³/mol. The van der Waals surface area contributed by atoms with Gasteiger partial charge in [0.1, 0.15) is 19.1 Å². The number of piperidine rings is 1. The van der Waals surface area contributed by atoms with Gasteiger partial charge >= 0.3 is 6.18 Å². The van der Waals surface area contributed by atoms with Crippen LogP contribution < -0.4 is 20.7 Å². The molecular weight excluding hydrogens is 637 g/mol. The summed E-state index contributed by atoms with van der Waals surface area (Å²) in [6, 6.07) is 9.60. The highest BCUT2D eigenvalue weighted by Crippen LogP contribution is 2.45. The smallest absolute Gasteiger partial charge is 0.393 e. The Labute approximate surface area is 276 Å². The van der Waals surface area contributed by atoms with Crippen molar-refractivity contribution in [1.82, 2.24) is 4.90 Å². The minimum Gasteiger partial charge on any atom is -0.495 e. The SMILES string of the molecule is [2H]C([2H])([2H])Oc1cc(P(=O)(CC)CC)ccc1NCC#Cc1sc2c(N[C@@H]3CCN(C4CCOCC4)C[C@@H]3F)cccc2c1CC(F)(F)F. The Kier molecular flexibility index (Phi) is 9.95. The second kappa shape index (κ2) is 15.0. The minimum absolute atomic E-state index is 0.0125. The van der Waals surface area contributed by atoms with Crippen molar-refractivity contribution in [2.24, 2.45) is 0 Å². The van der Waals surface area contributed by atoms with Gasteiger partial charge in [-0.2, -0.15) is 13.2 Å². The van der Waals surface area contributed by atoms with Gasteiger partial charge in [-0.3, -0.25) is 4.90 Å². The van der Waals surface area contributed by atoms with E-state index in [1.54, 1.807) is 30.3 Å². The number of likely N-dealkylation sites (tertiary alicyclic amines) is 1. The highest BCUT2D eigenvalue weighted by Gasteiger charge is 2.34. The van der Waals surface area contributed by atoms with Crippen molar-refractivity contribution in [3.05, 3.63) is 46.8 Å². The van der Waals surface area contributed by atoms with Crippen LogP contribution in [-0.4, -0.2) is 81.5 Å². The molecule has 46 heavy (non-hydrogen) atoms. The van der Waals surface area contributed by atoms with Crippen LogP contribution in [0.2, 0.25) is 0 Å². The number of ether oxygens (including phenoxy) is 2. The van der Waals surface area contributed by atoms with Gasteiger partial charge in [0.2, 0.25) is 0 Å². The first-order valence-corrected chi connectivity index (χ1v) is 18.6. The van der Waals surface area contributed by atoms with E-state index in [2.05, 4.69) is 27.4 Å². The second-order valence-electron chi connectivity index (χ2n) is 11.7. The Balaban J connectivity index is 1.37. The van der Waals surface area contributed by atoms with Crippen molar-refractivity contribution in [3.8, 4) is 17.6 Å². The molecule has 0 unspecified atom stereocenters. The van der Waals surface area contributed by atoms with Crippen molar-refractivity contribution >= 4 is 45.2 Å². The number of anilines is 2. The van der Waals surface area contributed by atoms with Crippen LogP contribution in [0.1, 0.15) is 47.7 Å². The zero-order chi connectivity index (χ0) is 35.4. The van der Waals surface area contributed by atoms with Crippen LogP contribution in [0.4, 0.5) is 28.9 Å². The summed E-state index contributed by atoms with van der Waals surface area (Å²) < 4.78 is 104. The molecule has 0 spiro atoms. The third-order valence-electron chi connectivity index (χ3n) is 8.95.